The molecule has 0 spiro atoms. The molecule has 2 aromatic rings. The van der Waals surface area contributed by atoms with Crippen molar-refractivity contribution in [3.63, 3.8) is 0 Å². The number of benzene rings is 2. The third kappa shape index (κ3) is 5.44. The fourth-order valence-electron chi connectivity index (χ4n) is 1.98. The maximum atomic E-state index is 13.4. The molecular formula is C18H13F4NO3. The largest absolute Gasteiger partial charge is 0.452 e. The van der Waals surface area contributed by atoms with Crippen molar-refractivity contribution in [1.82, 2.24) is 0 Å². The van der Waals surface area contributed by atoms with Crippen molar-refractivity contribution < 1.29 is 31.9 Å². The van der Waals surface area contributed by atoms with E-state index in [1.807, 2.05) is 5.32 Å². The van der Waals surface area contributed by atoms with Crippen LogP contribution in [0.4, 0.5) is 23.2 Å². The van der Waals surface area contributed by atoms with Gasteiger partial charge in [-0.15, -0.1) is 0 Å². The number of nitrogens with one attached hydrogen (secondary N) is 1. The minimum absolute atomic E-state index is 0.146. The van der Waals surface area contributed by atoms with Gasteiger partial charge in [-0.3, -0.25) is 4.79 Å². The van der Waals surface area contributed by atoms with Crippen LogP contribution in [0.1, 0.15) is 11.1 Å². The average Bonchev–Trinajstić information content (AvgIpc) is 2.59. The zero-order valence-electron chi connectivity index (χ0n) is 13.2. The normalized spacial score (nSPS) is 11.4. The Morgan fingerprint density at radius 1 is 1.04 bits per heavy atom. The lowest BCUT2D eigenvalue weighted by molar-refractivity contribution is -0.142. The maximum absolute atomic E-state index is 13.4. The topological polar surface area (TPSA) is 55.4 Å². The molecule has 136 valence electrons. The molecule has 0 saturated heterocycles. The van der Waals surface area contributed by atoms with Gasteiger partial charge < -0.3 is 10.1 Å². The summed E-state index contributed by atoms with van der Waals surface area (Å²) in [6.07, 6.45) is -2.56. The monoisotopic (exact) mass is 367 g/mol. The number of anilines is 1. The quantitative estimate of drug-likeness (QED) is 0.493. The van der Waals surface area contributed by atoms with Gasteiger partial charge in [-0.1, -0.05) is 30.3 Å². The van der Waals surface area contributed by atoms with Gasteiger partial charge >= 0.3 is 12.1 Å². The van der Waals surface area contributed by atoms with Crippen LogP contribution in [-0.2, 0) is 20.5 Å². The van der Waals surface area contributed by atoms with Gasteiger partial charge in [-0.05, 0) is 24.3 Å². The van der Waals surface area contributed by atoms with Crippen molar-refractivity contribution in [2.75, 3.05) is 11.9 Å². The summed E-state index contributed by atoms with van der Waals surface area (Å²) < 4.78 is 56.5. The van der Waals surface area contributed by atoms with Crippen molar-refractivity contribution in [3.05, 3.63) is 71.6 Å². The number of carbonyl (C=O) groups excluding carboxylic acids is 2. The molecule has 0 atom stereocenters. The van der Waals surface area contributed by atoms with E-state index >= 15 is 0 Å². The highest BCUT2D eigenvalue weighted by atomic mass is 19.4. The Bertz CT molecular complexity index is 831. The van der Waals surface area contributed by atoms with E-state index in [1.165, 1.54) is 30.3 Å². The number of amides is 1. The van der Waals surface area contributed by atoms with Crippen molar-refractivity contribution >= 4 is 23.6 Å². The molecule has 0 aromatic heterocycles. The van der Waals surface area contributed by atoms with Crippen LogP contribution in [0, 0.1) is 5.82 Å². The highest BCUT2D eigenvalue weighted by molar-refractivity contribution is 5.95. The fraction of sp³-hybridized carbons (Fsp3) is 0.111. The molecule has 1 N–H and O–H groups in total. The summed E-state index contributed by atoms with van der Waals surface area (Å²) in [5, 5.41) is 2.04. The highest BCUT2D eigenvalue weighted by Crippen LogP contribution is 2.34. The fourth-order valence-corrected chi connectivity index (χ4v) is 1.98. The highest BCUT2D eigenvalue weighted by Gasteiger charge is 2.33. The summed E-state index contributed by atoms with van der Waals surface area (Å²) in [7, 11) is 0. The lowest BCUT2D eigenvalue weighted by Gasteiger charge is -2.13. The van der Waals surface area contributed by atoms with E-state index in [2.05, 4.69) is 4.74 Å². The number of hydrogen-bond acceptors (Lipinski definition) is 3. The smallest absolute Gasteiger partial charge is 0.418 e. The van der Waals surface area contributed by atoms with Crippen molar-refractivity contribution in [3.8, 4) is 0 Å². The SMILES string of the molecule is O=C(COC(=O)/C=C/c1ccccc1F)Nc1ccccc1C(F)(F)F. The molecule has 1 amide bonds. The first-order valence-corrected chi connectivity index (χ1v) is 7.33. The minimum Gasteiger partial charge on any atom is -0.452 e. The second kappa shape index (κ2) is 8.28. The van der Waals surface area contributed by atoms with Gasteiger partial charge in [-0.25, -0.2) is 9.18 Å². The minimum atomic E-state index is -4.64. The predicted molar refractivity (Wildman–Crippen MR) is 86.5 cm³/mol. The van der Waals surface area contributed by atoms with Crippen molar-refractivity contribution in [2.45, 2.75) is 6.18 Å². The molecule has 0 fully saturated rings. The second-order valence-electron chi connectivity index (χ2n) is 5.05. The van der Waals surface area contributed by atoms with Gasteiger partial charge in [0.25, 0.3) is 5.91 Å². The summed E-state index contributed by atoms with van der Waals surface area (Å²) in [5.41, 5.74) is -1.31. The van der Waals surface area contributed by atoms with Gasteiger partial charge in [-0.2, -0.15) is 13.2 Å². The molecule has 0 aliphatic rings. The average molecular weight is 367 g/mol. The molecule has 4 nitrogen and oxygen atoms in total. The Balaban J connectivity index is 1.91. The van der Waals surface area contributed by atoms with E-state index in [9.17, 15) is 27.2 Å². The molecule has 0 aliphatic carbocycles. The molecule has 0 aliphatic heterocycles. The molecule has 0 bridgehead atoms. The Labute approximate surface area is 146 Å². The lowest BCUT2D eigenvalue weighted by atomic mass is 10.1. The third-order valence-corrected chi connectivity index (χ3v) is 3.16. The van der Waals surface area contributed by atoms with E-state index in [0.717, 1.165) is 24.3 Å². The summed E-state index contributed by atoms with van der Waals surface area (Å²) in [4.78, 5) is 23.2. The van der Waals surface area contributed by atoms with Crippen LogP contribution in [0.15, 0.2) is 54.6 Å². The number of alkyl halides is 3. The van der Waals surface area contributed by atoms with E-state index in [0.29, 0.717) is 0 Å². The first-order valence-electron chi connectivity index (χ1n) is 7.33. The van der Waals surface area contributed by atoms with Crippen molar-refractivity contribution in [1.29, 1.82) is 0 Å². The molecule has 8 heteroatoms. The molecule has 0 radical (unpaired) electrons. The molecular weight excluding hydrogens is 354 g/mol. The van der Waals surface area contributed by atoms with E-state index < -0.39 is 41.7 Å². The van der Waals surface area contributed by atoms with Gasteiger partial charge in [0, 0.05) is 11.6 Å². The number of carbonyl (C=O) groups is 2. The van der Waals surface area contributed by atoms with Crippen LogP contribution in [0.25, 0.3) is 6.08 Å². The summed E-state index contributed by atoms with van der Waals surface area (Å²) >= 11 is 0. The molecule has 0 heterocycles. The zero-order chi connectivity index (χ0) is 19.2. The molecule has 0 unspecified atom stereocenters. The van der Waals surface area contributed by atoms with E-state index in [1.54, 1.807) is 6.07 Å². The summed E-state index contributed by atoms with van der Waals surface area (Å²) in [6.45, 7) is -0.785. The van der Waals surface area contributed by atoms with Crippen molar-refractivity contribution in [2.24, 2.45) is 0 Å². The Kier molecular flexibility index (Phi) is 6.11. The number of esters is 1. The molecule has 2 rings (SSSR count). The van der Waals surface area contributed by atoms with Crippen LogP contribution in [0.2, 0.25) is 0 Å². The van der Waals surface area contributed by atoms with Gasteiger partial charge in [0.05, 0.1) is 11.3 Å². The number of rotatable bonds is 5. The Hall–Kier alpha value is -3.16. The zero-order valence-corrected chi connectivity index (χ0v) is 13.2. The van der Waals surface area contributed by atoms with Crippen LogP contribution in [0.3, 0.4) is 0 Å². The van der Waals surface area contributed by atoms with E-state index in [-0.39, 0.29) is 5.56 Å². The number of ether oxygens (including phenoxy) is 1. The number of halogens is 4. The number of para-hydroxylation sites is 1. The molecule has 0 saturated carbocycles. The molecule has 2 aromatic carbocycles. The van der Waals surface area contributed by atoms with Crippen LogP contribution < -0.4 is 5.32 Å². The lowest BCUT2D eigenvalue weighted by Crippen LogP contribution is -2.22. The number of hydrogen-bond donors (Lipinski definition) is 1. The van der Waals surface area contributed by atoms with Gasteiger partial charge in [0.1, 0.15) is 5.82 Å². The Morgan fingerprint density at radius 2 is 1.69 bits per heavy atom. The first-order chi connectivity index (χ1) is 12.3. The van der Waals surface area contributed by atoms with E-state index in [4.69, 9.17) is 0 Å². The van der Waals surface area contributed by atoms with Gasteiger partial charge in [0.2, 0.25) is 0 Å². The molecule has 26 heavy (non-hydrogen) atoms. The van der Waals surface area contributed by atoms with Crippen LogP contribution >= 0.6 is 0 Å². The Morgan fingerprint density at radius 3 is 2.38 bits per heavy atom. The van der Waals surface area contributed by atoms with Crippen LogP contribution in [-0.4, -0.2) is 18.5 Å². The maximum Gasteiger partial charge on any atom is 0.418 e. The first kappa shape index (κ1) is 19.2. The third-order valence-electron chi connectivity index (χ3n) is 3.16. The summed E-state index contributed by atoms with van der Waals surface area (Å²) in [6, 6.07) is 10.1. The standard InChI is InChI=1S/C18H13F4NO3/c19-14-7-3-1-5-12(14)9-10-17(25)26-11-16(24)23-15-8-4-2-6-13(15)18(20,21)22/h1-10H,11H2,(H,23,24)/b10-9+. The predicted octanol–water partition coefficient (Wildman–Crippen LogP) is 4.04. The second-order valence-corrected chi connectivity index (χ2v) is 5.05. The summed E-state index contributed by atoms with van der Waals surface area (Å²) in [5.74, 6) is -2.42. The van der Waals surface area contributed by atoms with Gasteiger partial charge in [0.15, 0.2) is 6.61 Å². The van der Waals surface area contributed by atoms with Crippen LogP contribution in [0.5, 0.6) is 0 Å².